The lowest BCUT2D eigenvalue weighted by Gasteiger charge is -2.35. The monoisotopic (exact) mass is 490 g/mol. The smallest absolute Gasteiger partial charge is 0.353 e. The molecule has 0 spiro atoms. The molecule has 2 aliphatic heterocycles. The maximum absolute atomic E-state index is 12.0. The molecule has 0 unspecified atom stereocenters. The largest absolute Gasteiger partial charge is 0.454 e. The van der Waals surface area contributed by atoms with Crippen molar-refractivity contribution in [3.05, 3.63) is 75.6 Å². The molecule has 1 aromatic heterocycles. The first-order valence-electron chi connectivity index (χ1n) is 12.3. The SMILES string of the molecule is CCc1ccc(CCNc2ncnc(N3CCN(Cc4ccc5c(c4)OCO5)CC3)c2[N+](=O)[O-])cc1. The average Bonchev–Trinajstić information content (AvgIpc) is 3.37. The first-order valence-corrected chi connectivity index (χ1v) is 12.3. The van der Waals surface area contributed by atoms with Crippen LogP contribution in [0.2, 0.25) is 0 Å². The number of fused-ring (bicyclic) bond motifs is 1. The molecule has 36 heavy (non-hydrogen) atoms. The van der Waals surface area contributed by atoms with Crippen LogP contribution >= 0.6 is 0 Å². The van der Waals surface area contributed by atoms with Gasteiger partial charge in [-0.25, -0.2) is 9.97 Å². The molecule has 0 amide bonds. The van der Waals surface area contributed by atoms with E-state index in [0.717, 1.165) is 49.5 Å². The van der Waals surface area contributed by atoms with Gasteiger partial charge >= 0.3 is 5.69 Å². The molecule has 5 rings (SSSR count). The van der Waals surface area contributed by atoms with Crippen LogP contribution in [0.4, 0.5) is 17.3 Å². The molecule has 188 valence electrons. The molecule has 0 saturated carbocycles. The van der Waals surface area contributed by atoms with Crippen LogP contribution in [0.5, 0.6) is 11.5 Å². The number of nitrogens with zero attached hydrogens (tertiary/aromatic N) is 5. The highest BCUT2D eigenvalue weighted by molar-refractivity contribution is 5.70. The molecule has 3 aromatic rings. The summed E-state index contributed by atoms with van der Waals surface area (Å²) in [6.07, 6.45) is 3.15. The zero-order valence-corrected chi connectivity index (χ0v) is 20.4. The number of aromatic nitrogens is 2. The third-order valence-electron chi connectivity index (χ3n) is 6.64. The van der Waals surface area contributed by atoms with Gasteiger partial charge in [0.2, 0.25) is 18.4 Å². The van der Waals surface area contributed by atoms with Crippen LogP contribution in [0.15, 0.2) is 48.8 Å². The lowest BCUT2D eigenvalue weighted by molar-refractivity contribution is -0.383. The van der Waals surface area contributed by atoms with Gasteiger partial charge in [-0.2, -0.15) is 0 Å². The van der Waals surface area contributed by atoms with Gasteiger partial charge < -0.3 is 19.7 Å². The molecule has 2 aromatic carbocycles. The molecule has 1 fully saturated rings. The minimum atomic E-state index is -0.382. The molecule has 2 aliphatic rings. The Morgan fingerprint density at radius 1 is 0.972 bits per heavy atom. The van der Waals surface area contributed by atoms with Gasteiger partial charge in [0.1, 0.15) is 6.33 Å². The molecule has 1 saturated heterocycles. The number of rotatable bonds is 9. The van der Waals surface area contributed by atoms with Gasteiger partial charge in [0.25, 0.3) is 0 Å². The topological polar surface area (TPSA) is 106 Å². The van der Waals surface area contributed by atoms with E-state index in [-0.39, 0.29) is 23.2 Å². The summed E-state index contributed by atoms with van der Waals surface area (Å²) in [5.74, 6) is 2.18. The molecule has 1 N–H and O–H groups in total. The Balaban J connectivity index is 1.20. The number of piperazine rings is 1. The van der Waals surface area contributed by atoms with Crippen molar-refractivity contribution in [3.8, 4) is 11.5 Å². The zero-order chi connectivity index (χ0) is 24.9. The van der Waals surface area contributed by atoms with Gasteiger partial charge in [-0.3, -0.25) is 15.0 Å². The van der Waals surface area contributed by atoms with Crippen LogP contribution in [-0.2, 0) is 19.4 Å². The molecule has 10 heteroatoms. The molecule has 0 radical (unpaired) electrons. The zero-order valence-electron chi connectivity index (χ0n) is 20.4. The Morgan fingerprint density at radius 2 is 1.69 bits per heavy atom. The summed E-state index contributed by atoms with van der Waals surface area (Å²) in [5.41, 5.74) is 3.55. The number of benzene rings is 2. The molecule has 10 nitrogen and oxygen atoms in total. The van der Waals surface area contributed by atoms with Crippen molar-refractivity contribution in [1.82, 2.24) is 14.9 Å². The van der Waals surface area contributed by atoms with E-state index < -0.39 is 0 Å². The maximum atomic E-state index is 12.0. The second kappa shape index (κ2) is 10.8. The number of anilines is 2. The lowest BCUT2D eigenvalue weighted by Crippen LogP contribution is -2.46. The number of ether oxygens (including phenoxy) is 2. The van der Waals surface area contributed by atoms with Crippen LogP contribution in [0.25, 0.3) is 0 Å². The second-order valence-corrected chi connectivity index (χ2v) is 8.95. The summed E-state index contributed by atoms with van der Waals surface area (Å²) < 4.78 is 10.9. The Kier molecular flexibility index (Phi) is 7.13. The van der Waals surface area contributed by atoms with Crippen LogP contribution < -0.4 is 19.7 Å². The van der Waals surface area contributed by atoms with Crippen molar-refractivity contribution in [1.29, 1.82) is 0 Å². The van der Waals surface area contributed by atoms with E-state index in [4.69, 9.17) is 9.47 Å². The van der Waals surface area contributed by atoms with E-state index in [9.17, 15) is 10.1 Å². The number of hydrogen-bond acceptors (Lipinski definition) is 9. The van der Waals surface area contributed by atoms with Gasteiger partial charge in [-0.1, -0.05) is 37.3 Å². The van der Waals surface area contributed by atoms with Crippen LogP contribution in [0, 0.1) is 10.1 Å². The molecular weight excluding hydrogens is 460 g/mol. The van der Waals surface area contributed by atoms with Gasteiger partial charge in [-0.15, -0.1) is 0 Å². The third-order valence-corrected chi connectivity index (χ3v) is 6.64. The first kappa shape index (κ1) is 23.8. The van der Waals surface area contributed by atoms with Crippen molar-refractivity contribution >= 4 is 17.3 Å². The summed E-state index contributed by atoms with van der Waals surface area (Å²) in [6.45, 7) is 6.55. The fourth-order valence-corrected chi connectivity index (χ4v) is 4.58. The average molecular weight is 491 g/mol. The third kappa shape index (κ3) is 5.33. The minimum Gasteiger partial charge on any atom is -0.454 e. The summed E-state index contributed by atoms with van der Waals surface area (Å²) in [7, 11) is 0. The fourth-order valence-electron chi connectivity index (χ4n) is 4.58. The van der Waals surface area contributed by atoms with Gasteiger partial charge in [0.05, 0.1) is 4.92 Å². The van der Waals surface area contributed by atoms with E-state index >= 15 is 0 Å². The van der Waals surface area contributed by atoms with Gasteiger partial charge in [-0.05, 0) is 41.7 Å². The number of hydrogen-bond donors (Lipinski definition) is 1. The molecule has 0 atom stereocenters. The standard InChI is InChI=1S/C26H30N6O4/c1-2-19-3-5-20(6-4-19)9-10-27-25-24(32(33)34)26(29-17-28-25)31-13-11-30(12-14-31)16-21-7-8-22-23(15-21)36-18-35-22/h3-8,15,17H,2,9-14,16,18H2,1H3,(H,27,28,29). The highest BCUT2D eigenvalue weighted by Crippen LogP contribution is 2.34. The quantitative estimate of drug-likeness (QED) is 0.355. The lowest BCUT2D eigenvalue weighted by atomic mass is 10.1. The van der Waals surface area contributed by atoms with Crippen LogP contribution in [0.3, 0.4) is 0 Å². The Morgan fingerprint density at radius 3 is 2.44 bits per heavy atom. The van der Waals surface area contributed by atoms with Gasteiger partial charge in [0, 0.05) is 39.3 Å². The van der Waals surface area contributed by atoms with Crippen LogP contribution in [-0.4, -0.2) is 59.3 Å². The Bertz CT molecular complexity index is 1210. The van der Waals surface area contributed by atoms with Gasteiger partial charge in [0.15, 0.2) is 11.5 Å². The number of nitro groups is 1. The fraction of sp³-hybridized carbons (Fsp3) is 0.385. The van der Waals surface area contributed by atoms with E-state index in [2.05, 4.69) is 51.4 Å². The number of nitrogens with one attached hydrogen (secondary N) is 1. The Hall–Kier alpha value is -3.92. The summed E-state index contributed by atoms with van der Waals surface area (Å²) in [5, 5.41) is 15.2. The van der Waals surface area contributed by atoms with Crippen molar-refractivity contribution in [2.24, 2.45) is 0 Å². The second-order valence-electron chi connectivity index (χ2n) is 8.95. The number of aryl methyl sites for hydroxylation is 1. The highest BCUT2D eigenvalue weighted by Gasteiger charge is 2.29. The first-order chi connectivity index (χ1) is 17.6. The summed E-state index contributed by atoms with van der Waals surface area (Å²) >= 11 is 0. The predicted molar refractivity (Wildman–Crippen MR) is 137 cm³/mol. The van der Waals surface area contributed by atoms with E-state index in [1.54, 1.807) is 0 Å². The van der Waals surface area contributed by atoms with E-state index in [1.165, 1.54) is 17.5 Å². The highest BCUT2D eigenvalue weighted by atomic mass is 16.7. The molecular formula is C26H30N6O4. The normalized spacial score (nSPS) is 15.2. The molecule has 0 bridgehead atoms. The minimum absolute atomic E-state index is 0.0666. The molecule has 3 heterocycles. The molecule has 0 aliphatic carbocycles. The summed E-state index contributed by atoms with van der Waals surface area (Å²) in [4.78, 5) is 24.4. The van der Waals surface area contributed by atoms with Crippen molar-refractivity contribution < 1.29 is 14.4 Å². The Labute approximate surface area is 210 Å². The van der Waals surface area contributed by atoms with Crippen molar-refractivity contribution in [2.45, 2.75) is 26.3 Å². The maximum Gasteiger partial charge on any atom is 0.353 e. The van der Waals surface area contributed by atoms with Crippen molar-refractivity contribution in [2.75, 3.05) is 49.7 Å². The van der Waals surface area contributed by atoms with Crippen molar-refractivity contribution in [3.63, 3.8) is 0 Å². The predicted octanol–water partition coefficient (Wildman–Crippen LogP) is 3.65. The van der Waals surface area contributed by atoms with Crippen LogP contribution in [0.1, 0.15) is 23.6 Å². The summed E-state index contributed by atoms with van der Waals surface area (Å²) in [6, 6.07) is 14.4. The van der Waals surface area contributed by atoms with E-state index in [1.807, 2.05) is 23.1 Å². The van der Waals surface area contributed by atoms with E-state index in [0.29, 0.717) is 25.5 Å².